The van der Waals surface area contributed by atoms with Gasteiger partial charge in [-0.05, 0) is 60.7 Å². The van der Waals surface area contributed by atoms with Gasteiger partial charge in [0.05, 0.1) is 0 Å². The zero-order valence-corrected chi connectivity index (χ0v) is 15.2. The molecule has 1 aromatic carbocycles. The topological polar surface area (TPSA) is 75.9 Å². The number of hydrogen-bond acceptors (Lipinski definition) is 5. The monoisotopic (exact) mass is 354 g/mol. The molecular weight excluding hydrogens is 328 g/mol. The molecule has 0 spiro atoms. The van der Waals surface area contributed by atoms with E-state index in [-0.39, 0.29) is 11.9 Å². The third-order valence-corrected chi connectivity index (χ3v) is 5.84. The highest BCUT2D eigenvalue weighted by Crippen LogP contribution is 2.28. The third-order valence-electron chi connectivity index (χ3n) is 5.84. The van der Waals surface area contributed by atoms with Gasteiger partial charge in [-0.1, -0.05) is 30.3 Å². The fourth-order valence-corrected chi connectivity index (χ4v) is 4.29. The van der Waals surface area contributed by atoms with Crippen molar-refractivity contribution in [2.24, 2.45) is 11.8 Å². The SMILES string of the molecule is Cc1nnnn1C(Cc1ccccc1)C(=O)N1CC[C@@H]2CNC[C@@H]2CC1. The van der Waals surface area contributed by atoms with Crippen molar-refractivity contribution in [3.63, 3.8) is 0 Å². The summed E-state index contributed by atoms with van der Waals surface area (Å²) in [5.74, 6) is 2.22. The number of fused-ring (bicyclic) bond motifs is 1. The summed E-state index contributed by atoms with van der Waals surface area (Å²) in [7, 11) is 0. The lowest BCUT2D eigenvalue weighted by molar-refractivity contribution is -0.135. The van der Waals surface area contributed by atoms with Crippen LogP contribution in [0.25, 0.3) is 0 Å². The maximum atomic E-state index is 13.4. The van der Waals surface area contributed by atoms with Gasteiger partial charge in [-0.15, -0.1) is 5.10 Å². The van der Waals surface area contributed by atoms with Gasteiger partial charge in [-0.3, -0.25) is 4.79 Å². The number of rotatable bonds is 4. The first kappa shape index (κ1) is 17.1. The minimum Gasteiger partial charge on any atom is -0.341 e. The molecule has 0 aliphatic carbocycles. The molecule has 0 saturated carbocycles. The Hall–Kier alpha value is -2.28. The number of tetrazole rings is 1. The second kappa shape index (κ2) is 7.53. The molecular formula is C19H26N6O. The molecule has 138 valence electrons. The Morgan fingerprint density at radius 3 is 2.50 bits per heavy atom. The van der Waals surface area contributed by atoms with Crippen molar-refractivity contribution in [2.45, 2.75) is 32.2 Å². The molecule has 0 radical (unpaired) electrons. The first-order chi connectivity index (χ1) is 12.7. The summed E-state index contributed by atoms with van der Waals surface area (Å²) in [5, 5.41) is 15.3. The Kier molecular flexibility index (Phi) is 4.97. The minimum absolute atomic E-state index is 0.136. The largest absolute Gasteiger partial charge is 0.341 e. The number of nitrogens with one attached hydrogen (secondary N) is 1. The van der Waals surface area contributed by atoms with Gasteiger partial charge in [0.1, 0.15) is 11.9 Å². The normalized spacial score (nSPS) is 24.1. The standard InChI is InChI=1S/C19H26N6O/c1-14-21-22-23-25(14)18(11-15-5-3-2-4-6-15)19(26)24-9-7-16-12-20-13-17(16)8-10-24/h2-6,16-18,20H,7-13H2,1H3/t16-,17+,18?. The lowest BCUT2D eigenvalue weighted by Gasteiger charge is -2.26. The average Bonchev–Trinajstić information content (AvgIpc) is 3.24. The van der Waals surface area contributed by atoms with Crippen molar-refractivity contribution in [3.05, 3.63) is 41.7 Å². The minimum atomic E-state index is -0.386. The highest BCUT2D eigenvalue weighted by atomic mass is 16.2. The van der Waals surface area contributed by atoms with Crippen LogP contribution in [0.2, 0.25) is 0 Å². The quantitative estimate of drug-likeness (QED) is 0.894. The Morgan fingerprint density at radius 2 is 1.88 bits per heavy atom. The maximum Gasteiger partial charge on any atom is 0.247 e. The second-order valence-corrected chi connectivity index (χ2v) is 7.46. The number of nitrogens with zero attached hydrogens (tertiary/aromatic N) is 5. The number of likely N-dealkylation sites (tertiary alicyclic amines) is 1. The maximum absolute atomic E-state index is 13.4. The van der Waals surface area contributed by atoms with Crippen LogP contribution in [-0.2, 0) is 11.2 Å². The van der Waals surface area contributed by atoms with Crippen LogP contribution in [0.1, 0.15) is 30.3 Å². The van der Waals surface area contributed by atoms with Crippen molar-refractivity contribution in [3.8, 4) is 0 Å². The zero-order valence-electron chi connectivity index (χ0n) is 15.2. The van der Waals surface area contributed by atoms with Gasteiger partial charge in [0.25, 0.3) is 0 Å². The van der Waals surface area contributed by atoms with E-state index in [1.54, 1.807) is 4.68 Å². The molecule has 4 rings (SSSR count). The third kappa shape index (κ3) is 3.49. The Bertz CT molecular complexity index is 731. The lowest BCUT2D eigenvalue weighted by Crippen LogP contribution is -2.40. The molecule has 1 amide bonds. The van der Waals surface area contributed by atoms with Crippen molar-refractivity contribution >= 4 is 5.91 Å². The molecule has 2 aromatic rings. The van der Waals surface area contributed by atoms with E-state index in [9.17, 15) is 4.79 Å². The molecule has 1 unspecified atom stereocenters. The Labute approximate surface area is 153 Å². The zero-order chi connectivity index (χ0) is 17.9. The van der Waals surface area contributed by atoms with Gasteiger partial charge in [0.15, 0.2) is 0 Å². The van der Waals surface area contributed by atoms with E-state index in [0.717, 1.165) is 44.6 Å². The van der Waals surface area contributed by atoms with Gasteiger partial charge >= 0.3 is 0 Å². The van der Waals surface area contributed by atoms with Crippen molar-refractivity contribution in [1.82, 2.24) is 30.4 Å². The lowest BCUT2D eigenvalue weighted by atomic mass is 9.92. The Balaban J connectivity index is 1.55. The van der Waals surface area contributed by atoms with E-state index >= 15 is 0 Å². The van der Waals surface area contributed by atoms with Crippen LogP contribution in [0.3, 0.4) is 0 Å². The highest BCUT2D eigenvalue weighted by molar-refractivity contribution is 5.80. The van der Waals surface area contributed by atoms with Crippen LogP contribution in [0.4, 0.5) is 0 Å². The van der Waals surface area contributed by atoms with Crippen molar-refractivity contribution < 1.29 is 4.79 Å². The van der Waals surface area contributed by atoms with Gasteiger partial charge in [-0.2, -0.15) is 0 Å². The summed E-state index contributed by atoms with van der Waals surface area (Å²) < 4.78 is 1.68. The molecule has 26 heavy (non-hydrogen) atoms. The number of hydrogen-bond donors (Lipinski definition) is 1. The van der Waals surface area contributed by atoms with Crippen LogP contribution < -0.4 is 5.32 Å². The van der Waals surface area contributed by atoms with Crippen LogP contribution in [-0.4, -0.2) is 57.2 Å². The molecule has 7 heteroatoms. The number of aromatic nitrogens is 4. The van der Waals surface area contributed by atoms with E-state index < -0.39 is 0 Å². The predicted molar refractivity (Wildman–Crippen MR) is 97.4 cm³/mol. The van der Waals surface area contributed by atoms with Crippen molar-refractivity contribution in [2.75, 3.05) is 26.2 Å². The highest BCUT2D eigenvalue weighted by Gasteiger charge is 2.34. The van der Waals surface area contributed by atoms with Gasteiger partial charge in [0, 0.05) is 19.5 Å². The van der Waals surface area contributed by atoms with Crippen LogP contribution in [0, 0.1) is 18.8 Å². The number of aryl methyl sites for hydroxylation is 1. The summed E-state index contributed by atoms with van der Waals surface area (Å²) in [6.45, 7) is 5.69. The van der Waals surface area contributed by atoms with E-state index in [2.05, 4.69) is 33.0 Å². The molecule has 3 heterocycles. The number of benzene rings is 1. The summed E-state index contributed by atoms with van der Waals surface area (Å²) in [6, 6.07) is 9.72. The van der Waals surface area contributed by atoms with E-state index in [1.807, 2.05) is 30.0 Å². The van der Waals surface area contributed by atoms with Gasteiger partial charge < -0.3 is 10.2 Å². The smallest absolute Gasteiger partial charge is 0.247 e. The molecule has 2 aliphatic heterocycles. The van der Waals surface area contributed by atoms with Crippen LogP contribution >= 0.6 is 0 Å². The summed E-state index contributed by atoms with van der Waals surface area (Å²) in [6.07, 6.45) is 2.77. The summed E-state index contributed by atoms with van der Waals surface area (Å²) >= 11 is 0. The molecule has 0 bridgehead atoms. The summed E-state index contributed by atoms with van der Waals surface area (Å²) in [5.41, 5.74) is 1.12. The van der Waals surface area contributed by atoms with Crippen LogP contribution in [0.5, 0.6) is 0 Å². The molecule has 2 saturated heterocycles. The fraction of sp³-hybridized carbons (Fsp3) is 0.579. The fourth-order valence-electron chi connectivity index (χ4n) is 4.29. The molecule has 1 N–H and O–H groups in total. The predicted octanol–water partition coefficient (Wildman–Crippen LogP) is 1.22. The van der Waals surface area contributed by atoms with E-state index in [4.69, 9.17) is 0 Å². The molecule has 2 fully saturated rings. The first-order valence-corrected chi connectivity index (χ1v) is 9.50. The molecule has 1 aromatic heterocycles. The number of carbonyl (C=O) groups excluding carboxylic acids is 1. The van der Waals surface area contributed by atoms with Crippen LogP contribution in [0.15, 0.2) is 30.3 Å². The van der Waals surface area contributed by atoms with E-state index in [1.165, 1.54) is 0 Å². The first-order valence-electron chi connectivity index (χ1n) is 9.50. The number of carbonyl (C=O) groups is 1. The van der Waals surface area contributed by atoms with E-state index in [0.29, 0.717) is 24.1 Å². The molecule has 7 nitrogen and oxygen atoms in total. The second-order valence-electron chi connectivity index (χ2n) is 7.46. The van der Waals surface area contributed by atoms with Gasteiger partial charge in [-0.25, -0.2) is 4.68 Å². The number of amides is 1. The average molecular weight is 354 g/mol. The molecule has 2 aliphatic rings. The van der Waals surface area contributed by atoms with Gasteiger partial charge in [0.2, 0.25) is 5.91 Å². The summed E-state index contributed by atoms with van der Waals surface area (Å²) in [4.78, 5) is 15.5. The Morgan fingerprint density at radius 1 is 1.19 bits per heavy atom. The molecule has 3 atom stereocenters. The van der Waals surface area contributed by atoms with Crippen molar-refractivity contribution in [1.29, 1.82) is 0 Å².